The zero-order chi connectivity index (χ0) is 58.9. The van der Waals surface area contributed by atoms with Gasteiger partial charge in [0.1, 0.15) is 6.54 Å². The molecule has 0 aromatic heterocycles. The Kier molecular flexibility index (Phi) is 23.9. The van der Waals surface area contributed by atoms with Gasteiger partial charge >= 0.3 is 0 Å². The molecule has 4 aliphatic rings. The summed E-state index contributed by atoms with van der Waals surface area (Å²) in [6.07, 6.45) is 30.0. The van der Waals surface area contributed by atoms with Crippen molar-refractivity contribution in [3.8, 4) is 0 Å². The topological polar surface area (TPSA) is 248 Å². The Bertz CT molecular complexity index is 3080. The summed E-state index contributed by atoms with van der Waals surface area (Å²) >= 11 is 0. The highest BCUT2D eigenvalue weighted by molar-refractivity contribution is 7.86. The molecule has 0 spiro atoms. The number of nitrogens with one attached hydrogen (secondary N) is 2. The summed E-state index contributed by atoms with van der Waals surface area (Å²) in [6.45, 7) is 11.3. The van der Waals surface area contributed by atoms with Gasteiger partial charge in [-0.15, -0.1) is 0 Å². The monoisotopic (exact) mass is 1180 g/mol. The molecule has 0 bridgehead atoms. The van der Waals surface area contributed by atoms with Gasteiger partial charge < -0.3 is 15.5 Å². The number of nitrogens with zero attached hydrogens (tertiary/aromatic N) is 3. The van der Waals surface area contributed by atoms with Gasteiger partial charge in [-0.1, -0.05) is 108 Å². The number of anilines is 1. The van der Waals surface area contributed by atoms with Crippen LogP contribution in [0.15, 0.2) is 106 Å². The highest BCUT2D eigenvalue weighted by Gasteiger charge is 2.44. The molecule has 1 aliphatic carbocycles. The average Bonchev–Trinajstić information content (AvgIpc) is 2.38. The van der Waals surface area contributed by atoms with Crippen molar-refractivity contribution in [3.05, 3.63) is 113 Å². The van der Waals surface area contributed by atoms with Crippen LogP contribution in [-0.4, -0.2) is 116 Å². The van der Waals surface area contributed by atoms with Crippen LogP contribution in [0.2, 0.25) is 0 Å². The third kappa shape index (κ3) is 19.1. The summed E-state index contributed by atoms with van der Waals surface area (Å²) in [4.78, 5) is 38.9. The molecular formula is C61H88N5O12S3+. The maximum Gasteiger partial charge on any atom is 0.294 e. The fraction of sp³-hybridized carbons (Fsp3) is 0.574. The first-order valence-electron chi connectivity index (χ1n) is 29.3. The van der Waals surface area contributed by atoms with Crippen molar-refractivity contribution < 1.29 is 57.9 Å². The van der Waals surface area contributed by atoms with Gasteiger partial charge in [-0.05, 0) is 119 Å². The molecule has 2 aromatic carbocycles. The van der Waals surface area contributed by atoms with Gasteiger partial charge in [0.05, 0.1) is 21.8 Å². The van der Waals surface area contributed by atoms with Crippen molar-refractivity contribution in [1.82, 2.24) is 15.5 Å². The minimum Gasteiger partial charge on any atom is -0.385 e. The van der Waals surface area contributed by atoms with Crippen LogP contribution in [0.1, 0.15) is 180 Å². The summed E-state index contributed by atoms with van der Waals surface area (Å²) in [5, 5.41) is 6.92. The van der Waals surface area contributed by atoms with E-state index in [9.17, 15) is 53.3 Å². The third-order valence-corrected chi connectivity index (χ3v) is 18.6. The molecule has 446 valence electrons. The Balaban J connectivity index is 1.08. The lowest BCUT2D eigenvalue weighted by atomic mass is 9.81. The van der Waals surface area contributed by atoms with Crippen molar-refractivity contribution in [3.63, 3.8) is 0 Å². The minimum atomic E-state index is -4.50. The van der Waals surface area contributed by atoms with E-state index in [4.69, 9.17) is 0 Å². The van der Waals surface area contributed by atoms with Crippen molar-refractivity contribution in [2.24, 2.45) is 0 Å². The van der Waals surface area contributed by atoms with Crippen LogP contribution in [0.3, 0.4) is 0 Å². The van der Waals surface area contributed by atoms with E-state index in [1.165, 1.54) is 34.7 Å². The van der Waals surface area contributed by atoms with E-state index >= 15 is 0 Å². The van der Waals surface area contributed by atoms with Gasteiger partial charge in [0.2, 0.25) is 11.6 Å². The van der Waals surface area contributed by atoms with E-state index in [0.717, 1.165) is 155 Å². The SMILES string of the molecule is CC1(C)C(=CC=C2CCCC(C=CC3=[N+](CCCCS(=O)(=O)O)c4ccccc4C3(C)C)=C2NCCCCCCCCCCC(=O)NCCCCCCCCN2C(=O)C=CC2=O)N(CCCCS(=O)(=O)O)c2ccc(S(=O)(=O)O)cc21. The zero-order valence-electron chi connectivity index (χ0n) is 48.1. The van der Waals surface area contributed by atoms with Crippen molar-refractivity contribution in [2.75, 3.05) is 49.1 Å². The number of allylic oxidation sites excluding steroid dienone is 7. The number of para-hydroxylation sites is 1. The van der Waals surface area contributed by atoms with E-state index in [-0.39, 0.29) is 46.0 Å². The smallest absolute Gasteiger partial charge is 0.294 e. The van der Waals surface area contributed by atoms with Crippen LogP contribution in [0, 0.1) is 0 Å². The number of hydrogen-bond donors (Lipinski definition) is 5. The van der Waals surface area contributed by atoms with Gasteiger partial charge in [0.15, 0.2) is 5.71 Å². The first-order chi connectivity index (χ1) is 38.4. The van der Waals surface area contributed by atoms with Crippen molar-refractivity contribution >= 4 is 65.2 Å². The summed E-state index contributed by atoms with van der Waals surface area (Å²) in [6, 6.07) is 12.8. The number of unbranched alkanes of at least 4 members (excludes halogenated alkanes) is 14. The molecule has 0 saturated carbocycles. The van der Waals surface area contributed by atoms with Gasteiger partial charge in [-0.3, -0.25) is 32.9 Å². The number of rotatable bonds is 35. The van der Waals surface area contributed by atoms with Gasteiger partial charge in [0, 0.05) is 91.4 Å². The molecule has 0 unspecified atom stereocenters. The molecular weight excluding hydrogens is 1090 g/mol. The van der Waals surface area contributed by atoms with Crippen LogP contribution in [0.5, 0.6) is 0 Å². The zero-order valence-corrected chi connectivity index (χ0v) is 50.5. The molecule has 6 rings (SSSR count). The Morgan fingerprint density at radius 3 is 1.86 bits per heavy atom. The van der Waals surface area contributed by atoms with E-state index in [1.807, 2.05) is 26.0 Å². The number of carbonyl (C=O) groups excluding carboxylic acids is 3. The maximum atomic E-state index is 12.5. The van der Waals surface area contributed by atoms with Crippen LogP contribution in [-0.2, 0) is 55.6 Å². The maximum absolute atomic E-state index is 12.5. The lowest BCUT2D eigenvalue weighted by Crippen LogP contribution is -2.30. The molecule has 0 fully saturated rings. The highest BCUT2D eigenvalue weighted by atomic mass is 32.2. The molecule has 3 amide bonds. The number of amides is 3. The number of carbonyl (C=O) groups is 3. The molecule has 2 aromatic rings. The lowest BCUT2D eigenvalue weighted by molar-refractivity contribution is -0.438. The lowest BCUT2D eigenvalue weighted by Gasteiger charge is -2.28. The van der Waals surface area contributed by atoms with Crippen LogP contribution < -0.4 is 15.5 Å². The van der Waals surface area contributed by atoms with Crippen molar-refractivity contribution in [2.45, 2.75) is 185 Å². The second kappa shape index (κ2) is 29.8. The number of benzene rings is 2. The summed E-state index contributed by atoms with van der Waals surface area (Å²) < 4.78 is 102. The fourth-order valence-electron chi connectivity index (χ4n) is 11.6. The van der Waals surface area contributed by atoms with Gasteiger partial charge in [-0.2, -0.15) is 29.8 Å². The normalized spacial score (nSPS) is 18.1. The predicted octanol–water partition coefficient (Wildman–Crippen LogP) is 10.7. The molecule has 20 heteroatoms. The molecule has 0 saturated heterocycles. The largest absolute Gasteiger partial charge is 0.385 e. The second-order valence-electron chi connectivity index (χ2n) is 23.1. The first-order valence-corrected chi connectivity index (χ1v) is 34.0. The van der Waals surface area contributed by atoms with Gasteiger partial charge in [0.25, 0.3) is 42.2 Å². The number of fused-ring (bicyclic) bond motifs is 2. The van der Waals surface area contributed by atoms with Gasteiger partial charge in [-0.25, -0.2) is 0 Å². The Morgan fingerprint density at radius 1 is 0.630 bits per heavy atom. The van der Waals surface area contributed by atoms with Crippen LogP contribution in [0.25, 0.3) is 0 Å². The quantitative estimate of drug-likeness (QED) is 0.0186. The highest BCUT2D eigenvalue weighted by Crippen LogP contribution is 2.49. The Labute approximate surface area is 482 Å². The molecule has 0 atom stereocenters. The predicted molar refractivity (Wildman–Crippen MR) is 320 cm³/mol. The Morgan fingerprint density at radius 2 is 1.21 bits per heavy atom. The molecule has 5 N–H and O–H groups in total. The second-order valence-corrected chi connectivity index (χ2v) is 27.6. The summed E-state index contributed by atoms with van der Waals surface area (Å²) in [7, 11) is -12.7. The first kappa shape index (κ1) is 64.9. The number of imide groups is 1. The summed E-state index contributed by atoms with van der Waals surface area (Å²) in [5.74, 6) is -1.02. The molecule has 3 aliphatic heterocycles. The van der Waals surface area contributed by atoms with Crippen molar-refractivity contribution in [1.29, 1.82) is 0 Å². The van der Waals surface area contributed by atoms with E-state index < -0.39 is 35.8 Å². The average molecular weight is 1180 g/mol. The van der Waals surface area contributed by atoms with E-state index in [0.29, 0.717) is 57.4 Å². The van der Waals surface area contributed by atoms with E-state index in [2.05, 4.69) is 70.4 Å². The fourth-order valence-corrected chi connectivity index (χ4v) is 13.3. The standard InChI is InChI=1S/C61H87N5O12S3/c1-60(2)50-28-16-17-29-52(50)64(41-21-23-44-79(70,71)72)54(60)35-31-47-26-25-27-48(32-36-55-61(3,4)51-46-49(81(76,77)78)33-34-53(51)65(55)42-22-24-45-80(73,74)75)59(47)63-40-19-13-8-6-5-7-11-15-30-56(67)62-39-18-12-9-10-14-20-43-66-57(68)37-38-58(66)69/h16-17,28-29,31-38,46H,5-15,18-27,30,39-45H2,1-4H3,(H4,62,67,70,71,72,73,74,75,76,77,78)/p+1. The molecule has 3 heterocycles. The summed E-state index contributed by atoms with van der Waals surface area (Å²) in [5.41, 5.74) is 7.90. The minimum absolute atomic E-state index is 0.107. The number of hydrogen-bond acceptors (Lipinski definition) is 11. The molecule has 0 radical (unpaired) electrons. The third-order valence-electron chi connectivity index (χ3n) is 16.1. The van der Waals surface area contributed by atoms with Crippen LogP contribution in [0.4, 0.5) is 11.4 Å². The molecule has 17 nitrogen and oxygen atoms in total. The Hall–Kier alpha value is -5.25. The van der Waals surface area contributed by atoms with E-state index in [1.54, 1.807) is 6.07 Å². The van der Waals surface area contributed by atoms with Crippen LogP contribution >= 0.6 is 0 Å². The molecule has 81 heavy (non-hydrogen) atoms.